The van der Waals surface area contributed by atoms with Gasteiger partial charge in [-0.3, -0.25) is 4.90 Å². The predicted octanol–water partition coefficient (Wildman–Crippen LogP) is 2.67. The van der Waals surface area contributed by atoms with E-state index in [2.05, 4.69) is 18.0 Å². The third-order valence-corrected chi connectivity index (χ3v) is 5.44. The second kappa shape index (κ2) is 4.88. The molecule has 1 aliphatic carbocycles. The van der Waals surface area contributed by atoms with Gasteiger partial charge in [-0.25, -0.2) is 0 Å². The number of hydrogen-bond acceptors (Lipinski definition) is 5. The number of nitrogens with zero attached hydrogens (tertiary/aromatic N) is 1. The number of methoxy groups -OCH3 is 1. The van der Waals surface area contributed by atoms with Crippen LogP contribution in [0.15, 0.2) is 24.3 Å². The van der Waals surface area contributed by atoms with E-state index in [1.165, 1.54) is 11.1 Å². The molecule has 0 saturated carbocycles. The van der Waals surface area contributed by atoms with Gasteiger partial charge < -0.3 is 19.3 Å². The number of hydrogen-bond donors (Lipinski definition) is 1. The molecule has 0 unspecified atom stereocenters. The largest absolute Gasteiger partial charge is 0.496 e. The topological polar surface area (TPSA) is 51.2 Å². The van der Waals surface area contributed by atoms with Gasteiger partial charge in [-0.15, -0.1) is 0 Å². The number of likely N-dealkylation sites (N-methyl/N-ethyl adjacent to an activating group) is 1. The van der Waals surface area contributed by atoms with Crippen molar-refractivity contribution in [3.63, 3.8) is 0 Å². The predicted molar refractivity (Wildman–Crippen MR) is 88.6 cm³/mol. The summed E-state index contributed by atoms with van der Waals surface area (Å²) in [7, 11) is 3.70. The summed E-state index contributed by atoms with van der Waals surface area (Å²) in [6, 6.07) is 7.88. The van der Waals surface area contributed by atoms with E-state index in [0.717, 1.165) is 41.2 Å². The van der Waals surface area contributed by atoms with E-state index < -0.39 is 6.10 Å². The van der Waals surface area contributed by atoms with Crippen LogP contribution in [0, 0.1) is 0 Å². The van der Waals surface area contributed by atoms with Crippen molar-refractivity contribution in [2.75, 3.05) is 27.5 Å². The van der Waals surface area contributed by atoms with Crippen LogP contribution in [0.5, 0.6) is 17.2 Å². The third-order valence-electron chi connectivity index (χ3n) is 5.44. The van der Waals surface area contributed by atoms with Gasteiger partial charge in [-0.1, -0.05) is 12.1 Å². The number of aliphatic hydroxyl groups excluding tert-OH is 1. The standard InChI is InChI=1S/C19H19NO4/c1-20-7-6-10-8-13-19(24-9-23-13)16-11-4-3-5-12(22-2)15(11)18(21)17(20)14(10)16/h3-5,8,17-18,21H,6-7,9H2,1-2H3/t17-,18+/m0/s1. The first-order chi connectivity index (χ1) is 11.7. The van der Waals surface area contributed by atoms with Gasteiger partial charge in [-0.2, -0.15) is 0 Å². The van der Waals surface area contributed by atoms with Crippen molar-refractivity contribution in [3.05, 3.63) is 41.0 Å². The molecule has 0 bridgehead atoms. The highest BCUT2D eigenvalue weighted by atomic mass is 16.7. The highest BCUT2D eigenvalue weighted by Gasteiger charge is 2.43. The van der Waals surface area contributed by atoms with E-state index in [1.807, 2.05) is 18.2 Å². The van der Waals surface area contributed by atoms with Crippen LogP contribution in [0.4, 0.5) is 0 Å². The van der Waals surface area contributed by atoms with Crippen molar-refractivity contribution >= 4 is 0 Å². The van der Waals surface area contributed by atoms with E-state index in [4.69, 9.17) is 14.2 Å². The highest BCUT2D eigenvalue weighted by Crippen LogP contribution is 2.58. The first-order valence-corrected chi connectivity index (χ1v) is 8.21. The van der Waals surface area contributed by atoms with Crippen molar-refractivity contribution in [1.82, 2.24) is 4.90 Å². The zero-order valence-electron chi connectivity index (χ0n) is 13.7. The lowest BCUT2D eigenvalue weighted by Gasteiger charge is -2.43. The van der Waals surface area contributed by atoms with Crippen LogP contribution in [0.2, 0.25) is 0 Å². The maximum Gasteiger partial charge on any atom is 0.231 e. The number of benzene rings is 2. The lowest BCUT2D eigenvalue weighted by atomic mass is 9.75. The molecule has 3 aliphatic rings. The molecule has 0 spiro atoms. The monoisotopic (exact) mass is 325 g/mol. The number of aliphatic hydroxyl groups is 1. The zero-order chi connectivity index (χ0) is 16.4. The minimum Gasteiger partial charge on any atom is -0.496 e. The van der Waals surface area contributed by atoms with E-state index in [-0.39, 0.29) is 12.8 Å². The van der Waals surface area contributed by atoms with Crippen molar-refractivity contribution in [1.29, 1.82) is 0 Å². The molecular weight excluding hydrogens is 306 g/mol. The van der Waals surface area contributed by atoms with Gasteiger partial charge in [0.1, 0.15) is 11.9 Å². The van der Waals surface area contributed by atoms with Crippen LogP contribution >= 0.6 is 0 Å². The Morgan fingerprint density at radius 3 is 2.96 bits per heavy atom. The van der Waals surface area contributed by atoms with Gasteiger partial charge >= 0.3 is 0 Å². The van der Waals surface area contributed by atoms with Gasteiger partial charge in [0.2, 0.25) is 6.79 Å². The average Bonchev–Trinajstić information content (AvgIpc) is 3.06. The molecule has 124 valence electrons. The maximum absolute atomic E-state index is 11.2. The summed E-state index contributed by atoms with van der Waals surface area (Å²) in [4.78, 5) is 2.22. The molecule has 2 aromatic carbocycles. The van der Waals surface area contributed by atoms with Crippen LogP contribution in [-0.2, 0) is 6.42 Å². The Bertz CT molecular complexity index is 848. The van der Waals surface area contributed by atoms with Gasteiger partial charge in [0.25, 0.3) is 0 Å². The normalized spacial score (nSPS) is 23.6. The lowest BCUT2D eigenvalue weighted by molar-refractivity contribution is 0.0526. The maximum atomic E-state index is 11.2. The SMILES string of the molecule is COc1cccc2c1[C@@H](O)[C@@H]1c3c(cc4c(c3-2)OCO4)CCN1C. The Balaban J connectivity index is 1.90. The molecule has 2 aliphatic heterocycles. The van der Waals surface area contributed by atoms with Gasteiger partial charge in [-0.05, 0) is 42.3 Å². The average molecular weight is 325 g/mol. The molecule has 24 heavy (non-hydrogen) atoms. The fourth-order valence-electron chi connectivity index (χ4n) is 4.38. The van der Waals surface area contributed by atoms with Gasteiger partial charge in [0.15, 0.2) is 11.5 Å². The number of fused-ring (bicyclic) bond motifs is 4. The summed E-state index contributed by atoms with van der Waals surface area (Å²) in [5.41, 5.74) is 5.27. The first kappa shape index (κ1) is 14.1. The van der Waals surface area contributed by atoms with Crippen LogP contribution in [0.3, 0.4) is 0 Å². The van der Waals surface area contributed by atoms with E-state index >= 15 is 0 Å². The molecular formula is C19H19NO4. The molecule has 2 aromatic rings. The summed E-state index contributed by atoms with van der Waals surface area (Å²) in [5.74, 6) is 2.30. The highest BCUT2D eigenvalue weighted by molar-refractivity contribution is 5.85. The second-order valence-electron chi connectivity index (χ2n) is 6.60. The van der Waals surface area contributed by atoms with Gasteiger partial charge in [0, 0.05) is 17.7 Å². The van der Waals surface area contributed by atoms with Crippen LogP contribution in [-0.4, -0.2) is 37.5 Å². The Kier molecular flexibility index (Phi) is 2.87. The van der Waals surface area contributed by atoms with Crippen molar-refractivity contribution in [3.8, 4) is 28.4 Å². The number of ether oxygens (including phenoxy) is 3. The molecule has 0 amide bonds. The first-order valence-electron chi connectivity index (χ1n) is 8.21. The Hall–Kier alpha value is -2.24. The van der Waals surface area contributed by atoms with Crippen LogP contribution in [0.1, 0.15) is 28.8 Å². The smallest absolute Gasteiger partial charge is 0.231 e. The molecule has 0 fully saturated rings. The Labute approximate surface area is 140 Å². The summed E-state index contributed by atoms with van der Waals surface area (Å²) in [6.45, 7) is 1.14. The van der Waals surface area contributed by atoms with Crippen molar-refractivity contribution in [2.24, 2.45) is 0 Å². The molecule has 0 radical (unpaired) electrons. The number of rotatable bonds is 1. The Morgan fingerprint density at radius 2 is 2.12 bits per heavy atom. The molecule has 5 rings (SSSR count). The second-order valence-corrected chi connectivity index (χ2v) is 6.60. The molecule has 5 nitrogen and oxygen atoms in total. The molecule has 0 aromatic heterocycles. The van der Waals surface area contributed by atoms with Gasteiger partial charge in [0.05, 0.1) is 13.2 Å². The lowest BCUT2D eigenvalue weighted by Crippen LogP contribution is -2.38. The quantitative estimate of drug-likeness (QED) is 0.873. The molecule has 2 heterocycles. The van der Waals surface area contributed by atoms with E-state index in [9.17, 15) is 5.11 Å². The summed E-state index contributed by atoms with van der Waals surface area (Å²) in [5, 5.41) is 11.2. The summed E-state index contributed by atoms with van der Waals surface area (Å²) in [6.07, 6.45) is 0.311. The van der Waals surface area contributed by atoms with Crippen LogP contribution < -0.4 is 14.2 Å². The van der Waals surface area contributed by atoms with Crippen molar-refractivity contribution < 1.29 is 19.3 Å². The van der Waals surface area contributed by atoms with Crippen molar-refractivity contribution in [2.45, 2.75) is 18.6 Å². The Morgan fingerprint density at radius 1 is 1.25 bits per heavy atom. The zero-order valence-corrected chi connectivity index (χ0v) is 13.7. The third kappa shape index (κ3) is 1.66. The molecule has 0 saturated heterocycles. The van der Waals surface area contributed by atoms with E-state index in [1.54, 1.807) is 7.11 Å². The summed E-state index contributed by atoms with van der Waals surface area (Å²) >= 11 is 0. The molecule has 5 heteroatoms. The minimum atomic E-state index is -0.631. The fourth-order valence-corrected chi connectivity index (χ4v) is 4.38. The molecule has 2 atom stereocenters. The fraction of sp³-hybridized carbons (Fsp3) is 0.368. The minimum absolute atomic E-state index is 0.0953. The summed E-state index contributed by atoms with van der Waals surface area (Å²) < 4.78 is 17.0. The van der Waals surface area contributed by atoms with E-state index in [0.29, 0.717) is 5.75 Å². The molecule has 1 N–H and O–H groups in total. The van der Waals surface area contributed by atoms with Crippen LogP contribution in [0.25, 0.3) is 11.1 Å².